The topological polar surface area (TPSA) is 40.7 Å². The molecule has 3 nitrogen and oxygen atoms in total. The van der Waals surface area contributed by atoms with Gasteiger partial charge in [0.1, 0.15) is 0 Å². The fourth-order valence-corrected chi connectivity index (χ4v) is 3.33. The number of nitrogens with zero attached hydrogens (tertiary/aromatic N) is 1. The van der Waals surface area contributed by atoms with Crippen LogP contribution in [-0.2, 0) is 6.54 Å². The van der Waals surface area contributed by atoms with E-state index in [-0.39, 0.29) is 0 Å². The molecule has 3 rings (SSSR count). The summed E-state index contributed by atoms with van der Waals surface area (Å²) in [6.07, 6.45) is 9.54. The van der Waals surface area contributed by atoms with Gasteiger partial charge in [-0.1, -0.05) is 19.3 Å². The van der Waals surface area contributed by atoms with Gasteiger partial charge in [0.2, 0.25) is 0 Å². The molecule has 2 aliphatic rings. The van der Waals surface area contributed by atoms with Crippen LogP contribution in [0.1, 0.15) is 73.7 Å². The average molecular weight is 233 g/mol. The summed E-state index contributed by atoms with van der Waals surface area (Å²) in [7, 11) is 2.04. The first kappa shape index (κ1) is 11.3. The zero-order valence-electron chi connectivity index (χ0n) is 10.8. The quantitative estimate of drug-likeness (QED) is 0.839. The second kappa shape index (κ2) is 4.81. The molecule has 0 saturated heterocycles. The number of aromatic nitrogens is 2. The molecule has 17 heavy (non-hydrogen) atoms. The molecular weight excluding hydrogens is 210 g/mol. The van der Waals surface area contributed by atoms with E-state index in [1.807, 2.05) is 7.05 Å². The SMILES string of the molecule is CNCc1c(C2CCC2)n[nH]c1C1CCCC1. The Morgan fingerprint density at radius 1 is 1.12 bits per heavy atom. The lowest BCUT2D eigenvalue weighted by Crippen LogP contribution is -2.15. The van der Waals surface area contributed by atoms with Crippen molar-refractivity contribution in [2.45, 2.75) is 63.3 Å². The van der Waals surface area contributed by atoms with Crippen molar-refractivity contribution in [2.24, 2.45) is 0 Å². The second-order valence-corrected chi connectivity index (χ2v) is 5.64. The normalized spacial score (nSPS) is 21.9. The maximum atomic E-state index is 4.64. The standard InChI is InChI=1S/C14H23N3/c1-15-9-12-13(10-5-2-3-6-10)16-17-14(12)11-7-4-8-11/h10-11,15H,2-9H2,1H3,(H,16,17). The molecule has 0 spiro atoms. The number of hydrogen-bond donors (Lipinski definition) is 2. The van der Waals surface area contributed by atoms with E-state index in [1.54, 1.807) is 0 Å². The van der Waals surface area contributed by atoms with E-state index < -0.39 is 0 Å². The molecule has 0 aromatic carbocycles. The summed E-state index contributed by atoms with van der Waals surface area (Å²) >= 11 is 0. The molecule has 1 heterocycles. The van der Waals surface area contributed by atoms with E-state index >= 15 is 0 Å². The minimum Gasteiger partial charge on any atom is -0.316 e. The van der Waals surface area contributed by atoms with Crippen molar-refractivity contribution in [2.75, 3.05) is 7.05 Å². The lowest BCUT2D eigenvalue weighted by atomic mass is 9.80. The average Bonchev–Trinajstić information content (AvgIpc) is 2.86. The smallest absolute Gasteiger partial charge is 0.0700 e. The van der Waals surface area contributed by atoms with Gasteiger partial charge in [-0.2, -0.15) is 5.10 Å². The van der Waals surface area contributed by atoms with Crippen molar-refractivity contribution in [3.63, 3.8) is 0 Å². The predicted molar refractivity (Wildman–Crippen MR) is 69.2 cm³/mol. The number of H-pyrrole nitrogens is 1. The lowest BCUT2D eigenvalue weighted by Gasteiger charge is -2.25. The predicted octanol–water partition coefficient (Wildman–Crippen LogP) is 3.05. The number of rotatable bonds is 4. The van der Waals surface area contributed by atoms with Crippen molar-refractivity contribution in [1.82, 2.24) is 15.5 Å². The highest BCUT2D eigenvalue weighted by molar-refractivity contribution is 5.32. The van der Waals surface area contributed by atoms with Gasteiger partial charge in [0.05, 0.1) is 5.69 Å². The molecule has 2 aliphatic carbocycles. The molecule has 2 saturated carbocycles. The van der Waals surface area contributed by atoms with Crippen molar-refractivity contribution in [1.29, 1.82) is 0 Å². The molecule has 1 aromatic heterocycles. The van der Waals surface area contributed by atoms with Gasteiger partial charge in [-0.3, -0.25) is 5.10 Å². The zero-order valence-corrected chi connectivity index (χ0v) is 10.8. The maximum Gasteiger partial charge on any atom is 0.0700 e. The van der Waals surface area contributed by atoms with Crippen molar-refractivity contribution < 1.29 is 0 Å². The van der Waals surface area contributed by atoms with Crippen LogP contribution in [0.5, 0.6) is 0 Å². The van der Waals surface area contributed by atoms with Gasteiger partial charge >= 0.3 is 0 Å². The third-order valence-electron chi connectivity index (χ3n) is 4.54. The molecule has 3 heteroatoms. The Morgan fingerprint density at radius 2 is 1.82 bits per heavy atom. The zero-order chi connectivity index (χ0) is 11.7. The highest BCUT2D eigenvalue weighted by Crippen LogP contribution is 2.41. The summed E-state index contributed by atoms with van der Waals surface area (Å²) in [6.45, 7) is 0.980. The summed E-state index contributed by atoms with van der Waals surface area (Å²) in [6, 6.07) is 0. The van der Waals surface area contributed by atoms with Gasteiger partial charge in [-0.25, -0.2) is 0 Å². The third kappa shape index (κ3) is 2.01. The van der Waals surface area contributed by atoms with Crippen molar-refractivity contribution in [3.05, 3.63) is 17.0 Å². The molecule has 0 radical (unpaired) electrons. The van der Waals surface area contributed by atoms with Gasteiger partial charge in [0.15, 0.2) is 0 Å². The van der Waals surface area contributed by atoms with Crippen LogP contribution >= 0.6 is 0 Å². The van der Waals surface area contributed by atoms with E-state index in [1.165, 1.54) is 61.9 Å². The fourth-order valence-electron chi connectivity index (χ4n) is 3.33. The summed E-state index contributed by atoms with van der Waals surface area (Å²) in [4.78, 5) is 0. The molecule has 94 valence electrons. The first-order valence-corrected chi connectivity index (χ1v) is 7.11. The van der Waals surface area contributed by atoms with Crippen LogP contribution in [0.3, 0.4) is 0 Å². The minimum absolute atomic E-state index is 0.741. The van der Waals surface area contributed by atoms with Crippen LogP contribution in [0.25, 0.3) is 0 Å². The molecule has 1 aromatic rings. The van der Waals surface area contributed by atoms with Gasteiger partial charge in [0, 0.05) is 29.6 Å². The molecule has 2 fully saturated rings. The Morgan fingerprint density at radius 3 is 2.41 bits per heavy atom. The summed E-state index contributed by atoms with van der Waals surface area (Å²) in [5, 5.41) is 11.3. The first-order chi connectivity index (χ1) is 8.40. The molecule has 0 atom stereocenters. The summed E-state index contributed by atoms with van der Waals surface area (Å²) in [5.41, 5.74) is 4.30. The third-order valence-corrected chi connectivity index (χ3v) is 4.54. The second-order valence-electron chi connectivity index (χ2n) is 5.64. The van der Waals surface area contributed by atoms with Crippen LogP contribution in [0.4, 0.5) is 0 Å². The molecule has 0 bridgehead atoms. The van der Waals surface area contributed by atoms with Crippen LogP contribution in [0.2, 0.25) is 0 Å². The van der Waals surface area contributed by atoms with E-state index in [9.17, 15) is 0 Å². The Labute approximate surface area is 103 Å². The molecule has 0 aliphatic heterocycles. The first-order valence-electron chi connectivity index (χ1n) is 7.11. The van der Waals surface area contributed by atoms with Crippen molar-refractivity contribution >= 4 is 0 Å². The van der Waals surface area contributed by atoms with Crippen LogP contribution in [0.15, 0.2) is 0 Å². The van der Waals surface area contributed by atoms with Gasteiger partial charge in [0.25, 0.3) is 0 Å². The maximum absolute atomic E-state index is 4.64. The Bertz CT molecular complexity index is 373. The largest absolute Gasteiger partial charge is 0.316 e. The van der Waals surface area contributed by atoms with Crippen molar-refractivity contribution in [3.8, 4) is 0 Å². The Kier molecular flexibility index (Phi) is 3.19. The van der Waals surface area contributed by atoms with E-state index in [0.717, 1.165) is 18.4 Å². The van der Waals surface area contributed by atoms with Gasteiger partial charge in [-0.05, 0) is 32.7 Å². The van der Waals surface area contributed by atoms with E-state index in [0.29, 0.717) is 0 Å². The monoisotopic (exact) mass is 233 g/mol. The molecule has 0 amide bonds. The van der Waals surface area contributed by atoms with Crippen LogP contribution in [0, 0.1) is 0 Å². The highest BCUT2D eigenvalue weighted by atomic mass is 15.1. The molecule has 0 unspecified atom stereocenters. The summed E-state index contributed by atoms with van der Waals surface area (Å²) < 4.78 is 0. The lowest BCUT2D eigenvalue weighted by molar-refractivity contribution is 0.407. The van der Waals surface area contributed by atoms with Gasteiger partial charge < -0.3 is 5.32 Å². The van der Waals surface area contributed by atoms with E-state index in [2.05, 4.69) is 15.5 Å². The van der Waals surface area contributed by atoms with Gasteiger partial charge in [-0.15, -0.1) is 0 Å². The van der Waals surface area contributed by atoms with Crippen LogP contribution in [-0.4, -0.2) is 17.2 Å². The molecule has 2 N–H and O–H groups in total. The highest BCUT2D eigenvalue weighted by Gasteiger charge is 2.29. The summed E-state index contributed by atoms with van der Waals surface area (Å²) in [5.74, 6) is 1.49. The number of hydrogen-bond acceptors (Lipinski definition) is 2. The fraction of sp³-hybridized carbons (Fsp3) is 0.786. The van der Waals surface area contributed by atoms with E-state index in [4.69, 9.17) is 0 Å². The number of nitrogens with one attached hydrogen (secondary N) is 2. The minimum atomic E-state index is 0.741. The Hall–Kier alpha value is -0.830. The van der Waals surface area contributed by atoms with Crippen LogP contribution < -0.4 is 5.32 Å². The molecular formula is C14H23N3. The Balaban J connectivity index is 1.88. The number of aromatic amines is 1.